The van der Waals surface area contributed by atoms with Crippen LogP contribution in [0.3, 0.4) is 0 Å². The molecule has 87 heavy (non-hydrogen) atoms. The minimum atomic E-state index is -1.97. The minimum absolute atomic E-state index is 0.00243. The van der Waals surface area contributed by atoms with Gasteiger partial charge in [-0.25, -0.2) is 42.9 Å². The number of ether oxygens (including phenoxy) is 4. The van der Waals surface area contributed by atoms with E-state index in [1.54, 1.807) is 87.5 Å². The SMILES string of the molecule is CC[C@@]1(O)C(=O)OCc2c1cc1n(c2=O)Cc2c-1nc1cc(F)c(C)c3c1c2[C@@H](NC(=O)OC[C@H](C)SSC)CC3.CC[C@@]1(O)C(=O)OCc2c1cc1n(c2=O)Cc2c-1nc1cc(F)c(C)c3c1c2[C@@H](NC(=O)OC[C@H](C)SSc1ccccn1)CC3. The molecule has 0 unspecified atom stereocenters. The van der Waals surface area contributed by atoms with Crippen LogP contribution in [0.25, 0.3) is 44.6 Å². The van der Waals surface area contributed by atoms with E-state index in [1.165, 1.54) is 22.9 Å². The fourth-order valence-corrected chi connectivity index (χ4v) is 16.4. The highest BCUT2D eigenvalue weighted by molar-refractivity contribution is 8.77. The number of aryl methyl sites for hydroxylation is 2. The molecule has 0 saturated carbocycles. The molecule has 5 aromatic heterocycles. The first-order valence-corrected chi connectivity index (χ1v) is 33.5. The Morgan fingerprint density at radius 3 is 1.59 bits per heavy atom. The summed E-state index contributed by atoms with van der Waals surface area (Å²) in [6.07, 6.45) is 4.71. The van der Waals surface area contributed by atoms with Crippen LogP contribution in [0.5, 0.6) is 0 Å². The minimum Gasteiger partial charge on any atom is -0.458 e. The first-order chi connectivity index (χ1) is 41.7. The molecular weight excluding hydrogens is 1200 g/mol. The Hall–Kier alpha value is -7.03. The maximum Gasteiger partial charge on any atom is 0.407 e. The van der Waals surface area contributed by atoms with Gasteiger partial charge in [0.15, 0.2) is 11.2 Å². The van der Waals surface area contributed by atoms with E-state index in [2.05, 4.69) is 15.6 Å². The van der Waals surface area contributed by atoms with E-state index in [9.17, 15) is 39.0 Å². The van der Waals surface area contributed by atoms with Crippen molar-refractivity contribution in [3.8, 4) is 22.8 Å². The zero-order valence-electron chi connectivity index (χ0n) is 48.5. The van der Waals surface area contributed by atoms with Gasteiger partial charge in [-0.2, -0.15) is 0 Å². The Morgan fingerprint density at radius 2 is 1.16 bits per heavy atom. The number of aromatic nitrogens is 5. The molecule has 0 fully saturated rings. The van der Waals surface area contributed by atoms with Crippen LogP contribution in [0, 0.1) is 25.5 Å². The number of hydrogen-bond donors (Lipinski definition) is 4. The number of hydrogen-bond acceptors (Lipinski definition) is 19. The summed E-state index contributed by atoms with van der Waals surface area (Å²) in [5.74, 6) is -2.36. The number of cyclic esters (lactones) is 2. The van der Waals surface area contributed by atoms with E-state index in [0.29, 0.717) is 70.6 Å². The van der Waals surface area contributed by atoms with Crippen molar-refractivity contribution < 1.29 is 57.1 Å². The van der Waals surface area contributed by atoms with Crippen molar-refractivity contribution >= 4 is 89.1 Å². The van der Waals surface area contributed by atoms with E-state index in [-0.39, 0.29) is 102 Å². The third-order valence-electron chi connectivity index (χ3n) is 17.4. The summed E-state index contributed by atoms with van der Waals surface area (Å²) >= 11 is 0. The lowest BCUT2D eigenvalue weighted by molar-refractivity contribution is -0.172. The van der Waals surface area contributed by atoms with E-state index >= 15 is 8.78 Å². The molecule has 2 aromatic carbocycles. The van der Waals surface area contributed by atoms with Gasteiger partial charge in [0, 0.05) is 61.9 Å². The molecule has 13 rings (SSSR count). The number of rotatable bonds is 13. The van der Waals surface area contributed by atoms with Gasteiger partial charge in [-0.1, -0.05) is 52.3 Å². The topological polar surface area (TPSA) is 252 Å². The maximum absolute atomic E-state index is 15.2. The second-order valence-electron chi connectivity index (χ2n) is 22.5. The molecule has 9 heterocycles. The predicted molar refractivity (Wildman–Crippen MR) is 327 cm³/mol. The average molecular weight is 1260 g/mol. The highest BCUT2D eigenvalue weighted by Crippen LogP contribution is 2.49. The van der Waals surface area contributed by atoms with Gasteiger partial charge in [0.25, 0.3) is 11.1 Å². The number of carbonyl (C=O) groups is 4. The van der Waals surface area contributed by atoms with Gasteiger partial charge in [-0.05, 0) is 141 Å². The Labute approximate surface area is 513 Å². The van der Waals surface area contributed by atoms with Crippen molar-refractivity contribution in [3.63, 3.8) is 0 Å². The van der Waals surface area contributed by atoms with Crippen LogP contribution in [0.15, 0.2) is 63.3 Å². The summed E-state index contributed by atoms with van der Waals surface area (Å²) in [4.78, 5) is 92.7. The monoisotopic (exact) mass is 1260 g/mol. The summed E-state index contributed by atoms with van der Waals surface area (Å²) in [5, 5.41) is 31.0. The van der Waals surface area contributed by atoms with Gasteiger partial charge in [0.05, 0.1) is 70.1 Å². The molecular formula is C62H61F2N7O12S4. The number of aliphatic hydroxyl groups is 2. The number of pyridine rings is 5. The molecule has 7 aromatic rings. The molecule has 0 spiro atoms. The highest BCUT2D eigenvalue weighted by atomic mass is 33.1. The molecule has 4 N–H and O–H groups in total. The normalized spacial score (nSPS) is 20.5. The van der Waals surface area contributed by atoms with Crippen molar-refractivity contribution in [1.29, 1.82) is 0 Å². The Bertz CT molecular complexity index is 4210. The van der Waals surface area contributed by atoms with Crippen LogP contribution in [0.1, 0.15) is 132 Å². The Kier molecular flexibility index (Phi) is 16.3. The molecule has 4 aliphatic heterocycles. The third-order valence-corrected chi connectivity index (χ3v) is 22.4. The largest absolute Gasteiger partial charge is 0.458 e. The van der Waals surface area contributed by atoms with Gasteiger partial charge in [-0.3, -0.25) is 9.59 Å². The van der Waals surface area contributed by atoms with E-state index in [1.807, 2.05) is 38.3 Å². The molecule has 0 saturated heterocycles. The molecule has 0 bridgehead atoms. The molecule has 25 heteroatoms. The standard InChI is InChI=1S/C33H31FN4O6S2.C29H30FN3O6S2/c1-4-33(42)21-11-25-29-19(13-38(25)30(39)20(21)15-43-31(33)40)28-23(9-8-18-17(3)22(34)12-24(36-29)27(18)28)37-32(41)44-14-16(2)45-46-26-7-5-6-10-35-26;1-5-29(37)18-8-22-25-16(10-33(22)26(34)17(18)12-38-27(29)35)24-20(32-28(36)39-11-13(2)41-40-4)7-6-15-14(3)19(30)9-21(31-25)23(15)24/h5-7,10-12,16,23,42H,4,8-9,13-15H2,1-3H3,(H,37,41);8-9,13,20,37H,5-7,10-12H2,1-4H3,(H,32,36)/t16-,23-,33-;13-,20-,29-/m00/s1. The van der Waals surface area contributed by atoms with E-state index in [0.717, 1.165) is 49.2 Å². The number of esters is 2. The smallest absolute Gasteiger partial charge is 0.407 e. The van der Waals surface area contributed by atoms with Crippen LogP contribution in [0.2, 0.25) is 0 Å². The summed E-state index contributed by atoms with van der Waals surface area (Å²) in [6, 6.07) is 10.8. The quantitative estimate of drug-likeness (QED) is 0.0476. The molecule has 454 valence electrons. The first kappa shape index (κ1) is 60.3. The fraction of sp³-hybridized carbons (Fsp3) is 0.403. The number of carbonyl (C=O) groups excluding carboxylic acids is 4. The summed E-state index contributed by atoms with van der Waals surface area (Å²) in [5.41, 5.74) is 4.52. The molecule has 19 nitrogen and oxygen atoms in total. The predicted octanol–water partition coefficient (Wildman–Crippen LogP) is 10.1. The second kappa shape index (κ2) is 23.5. The zero-order chi connectivity index (χ0) is 61.5. The highest BCUT2D eigenvalue weighted by Gasteiger charge is 2.48. The van der Waals surface area contributed by atoms with Crippen LogP contribution in [-0.2, 0) is 78.9 Å². The molecule has 2 amide bonds. The number of nitrogens with one attached hydrogen (secondary N) is 2. The van der Waals surface area contributed by atoms with Crippen LogP contribution >= 0.6 is 43.2 Å². The lowest BCUT2D eigenvalue weighted by Gasteiger charge is -2.31. The average Bonchev–Trinajstić information content (AvgIpc) is 1.69. The van der Waals surface area contributed by atoms with Crippen molar-refractivity contribution in [3.05, 3.63) is 148 Å². The van der Waals surface area contributed by atoms with E-state index < -0.39 is 53.0 Å². The second-order valence-corrected chi connectivity index (χ2v) is 28.1. The Balaban J connectivity index is 0.000000171. The van der Waals surface area contributed by atoms with Crippen LogP contribution in [-0.4, -0.2) is 88.4 Å². The number of amides is 2. The number of benzene rings is 2. The van der Waals surface area contributed by atoms with Gasteiger partial charge in [0.1, 0.15) is 43.1 Å². The zero-order valence-corrected chi connectivity index (χ0v) is 51.8. The first-order valence-electron chi connectivity index (χ1n) is 28.6. The van der Waals surface area contributed by atoms with Crippen LogP contribution < -0.4 is 21.8 Å². The molecule has 6 aliphatic rings. The van der Waals surface area contributed by atoms with Crippen molar-refractivity contribution in [2.24, 2.45) is 0 Å². The van der Waals surface area contributed by atoms with Gasteiger partial charge in [-0.15, -0.1) is 0 Å². The van der Waals surface area contributed by atoms with Crippen molar-refractivity contribution in [2.45, 2.75) is 145 Å². The number of nitrogens with zero attached hydrogens (tertiary/aromatic N) is 5. The number of alkyl carbamates (subject to hydrolysis) is 2. The summed E-state index contributed by atoms with van der Waals surface area (Å²) < 4.78 is 54.8. The molecule has 2 aliphatic carbocycles. The van der Waals surface area contributed by atoms with Crippen LogP contribution in [0.4, 0.5) is 18.4 Å². The molecule has 6 atom stereocenters. The lowest BCUT2D eigenvalue weighted by atomic mass is 9.81. The lowest BCUT2D eigenvalue weighted by Crippen LogP contribution is -2.44. The summed E-state index contributed by atoms with van der Waals surface area (Å²) in [7, 11) is 6.29. The van der Waals surface area contributed by atoms with Gasteiger partial charge < -0.3 is 48.9 Å². The van der Waals surface area contributed by atoms with Crippen molar-refractivity contribution in [2.75, 3.05) is 19.5 Å². The number of halogens is 2. The van der Waals surface area contributed by atoms with Gasteiger partial charge in [0.2, 0.25) is 0 Å². The third kappa shape index (κ3) is 10.3. The summed E-state index contributed by atoms with van der Waals surface area (Å²) in [6.45, 7) is 11.0. The van der Waals surface area contributed by atoms with E-state index in [4.69, 9.17) is 28.9 Å². The maximum atomic E-state index is 15.2. The van der Waals surface area contributed by atoms with Gasteiger partial charge >= 0.3 is 24.1 Å². The van der Waals surface area contributed by atoms with Crippen molar-refractivity contribution in [1.82, 2.24) is 34.7 Å². The Morgan fingerprint density at radius 1 is 0.701 bits per heavy atom. The fourth-order valence-electron chi connectivity index (χ4n) is 12.9. The molecule has 0 radical (unpaired) electrons. The number of fused-ring (bicyclic) bond motifs is 10.